The van der Waals surface area contributed by atoms with Gasteiger partial charge in [0, 0.05) is 16.8 Å². The first kappa shape index (κ1) is 20.7. The third-order valence-electron chi connectivity index (χ3n) is 5.26. The summed E-state index contributed by atoms with van der Waals surface area (Å²) in [4.78, 5) is 11.0. The van der Waals surface area contributed by atoms with Crippen LogP contribution < -0.4 is 5.32 Å². The lowest BCUT2D eigenvalue weighted by atomic mass is 9.79. The smallest absolute Gasteiger partial charge is 0.224 e. The highest BCUT2D eigenvalue weighted by atomic mass is 19.1. The van der Waals surface area contributed by atoms with Crippen LogP contribution >= 0.6 is 0 Å². The maximum Gasteiger partial charge on any atom is 0.224 e. The fourth-order valence-electron chi connectivity index (χ4n) is 3.43. The topological polar surface area (TPSA) is 50.7 Å². The van der Waals surface area contributed by atoms with Gasteiger partial charge in [0.1, 0.15) is 0 Å². The summed E-state index contributed by atoms with van der Waals surface area (Å²) >= 11 is 0. The molecule has 8 heteroatoms. The number of aromatic nitrogens is 3. The van der Waals surface area contributed by atoms with Crippen molar-refractivity contribution in [2.24, 2.45) is 0 Å². The van der Waals surface area contributed by atoms with Gasteiger partial charge < -0.3 is 5.32 Å². The lowest BCUT2D eigenvalue weighted by molar-refractivity contribution is 0.417. The molecular weight excluding hydrogens is 408 g/mol. The number of rotatable bonds is 4. The predicted octanol–water partition coefficient (Wildman–Crippen LogP) is 4.94. The molecule has 31 heavy (non-hydrogen) atoms. The molecular formula is C23H18F4N4. The average molecular weight is 426 g/mol. The number of hydrogen-bond acceptors (Lipinski definition) is 4. The average Bonchev–Trinajstić information content (AvgIpc) is 2.74. The van der Waals surface area contributed by atoms with Gasteiger partial charge in [0.05, 0.1) is 22.9 Å². The Bertz CT molecular complexity index is 1200. The number of hydrogen-bond donors (Lipinski definition) is 1. The molecule has 1 N–H and O–H groups in total. The number of nitrogens with one attached hydrogen (secondary N) is 1. The molecule has 0 saturated carbocycles. The van der Waals surface area contributed by atoms with Crippen LogP contribution in [0.4, 0.5) is 17.6 Å². The highest BCUT2D eigenvalue weighted by Gasteiger charge is 2.33. The van der Waals surface area contributed by atoms with Crippen LogP contribution in [0.1, 0.15) is 25.1 Å². The van der Waals surface area contributed by atoms with Crippen molar-refractivity contribution in [1.82, 2.24) is 20.3 Å². The Morgan fingerprint density at radius 1 is 0.806 bits per heavy atom. The Morgan fingerprint density at radius 3 is 2.10 bits per heavy atom. The minimum Gasteiger partial charge on any atom is -0.377 e. The van der Waals surface area contributed by atoms with E-state index in [1.54, 1.807) is 30.4 Å². The van der Waals surface area contributed by atoms with Crippen LogP contribution in [0.5, 0.6) is 0 Å². The number of nitrogens with zero attached hydrogens (tertiary/aromatic N) is 3. The van der Waals surface area contributed by atoms with Crippen LogP contribution in [-0.4, -0.2) is 21.0 Å². The zero-order chi connectivity index (χ0) is 22.2. The molecule has 0 bridgehead atoms. The lowest BCUT2D eigenvalue weighted by Crippen LogP contribution is -2.44. The van der Waals surface area contributed by atoms with Gasteiger partial charge in [0.25, 0.3) is 0 Å². The fraction of sp³-hybridized carbons (Fsp3) is 0.174. The summed E-state index contributed by atoms with van der Waals surface area (Å²) in [5.74, 6) is -3.66. The van der Waals surface area contributed by atoms with Crippen LogP contribution in [-0.2, 0) is 5.41 Å². The summed E-state index contributed by atoms with van der Waals surface area (Å²) in [6, 6.07) is 9.62. The Hall–Kier alpha value is -3.55. The molecule has 0 radical (unpaired) electrons. The minimum atomic E-state index is -0.942. The number of pyridine rings is 3. The maximum absolute atomic E-state index is 14.2. The van der Waals surface area contributed by atoms with Crippen molar-refractivity contribution in [2.45, 2.75) is 25.3 Å². The zero-order valence-electron chi connectivity index (χ0n) is 16.7. The molecule has 1 unspecified atom stereocenters. The normalized spacial score (nSPS) is 16.1. The second-order valence-electron chi connectivity index (χ2n) is 7.66. The Labute approximate surface area is 176 Å². The largest absolute Gasteiger partial charge is 0.377 e. The molecule has 1 aliphatic heterocycles. The zero-order valence-corrected chi connectivity index (χ0v) is 16.7. The first-order valence-corrected chi connectivity index (χ1v) is 9.53. The van der Waals surface area contributed by atoms with Crippen LogP contribution in [0, 0.1) is 23.8 Å². The van der Waals surface area contributed by atoms with Crippen LogP contribution in [0.15, 0.2) is 60.7 Å². The highest BCUT2D eigenvalue weighted by molar-refractivity contribution is 5.67. The summed E-state index contributed by atoms with van der Waals surface area (Å²) in [7, 11) is 0. The van der Waals surface area contributed by atoms with Crippen molar-refractivity contribution in [3.63, 3.8) is 0 Å². The molecule has 3 aromatic rings. The summed E-state index contributed by atoms with van der Waals surface area (Å²) in [6.07, 6.45) is 5.34. The van der Waals surface area contributed by atoms with E-state index in [-0.39, 0.29) is 17.2 Å². The summed E-state index contributed by atoms with van der Waals surface area (Å²) in [5.41, 5.74) is 1.03. The maximum atomic E-state index is 14.2. The molecule has 158 valence electrons. The molecule has 0 aliphatic carbocycles. The van der Waals surface area contributed by atoms with E-state index >= 15 is 0 Å². The van der Waals surface area contributed by atoms with Crippen molar-refractivity contribution in [3.8, 4) is 11.3 Å². The quantitative estimate of drug-likeness (QED) is 0.474. The van der Waals surface area contributed by atoms with E-state index in [2.05, 4.69) is 20.3 Å². The number of dihydropyridines is 1. The minimum absolute atomic E-state index is 0.0891. The van der Waals surface area contributed by atoms with Gasteiger partial charge >= 0.3 is 0 Å². The molecule has 4 heterocycles. The SMILES string of the molecule is CC(C)(c1cccc(-c2ccc(F)nc2F)n1)C1C=CC=C(c2ccc(F)nc2F)N1. The van der Waals surface area contributed by atoms with Crippen molar-refractivity contribution in [2.75, 3.05) is 0 Å². The molecule has 3 aromatic heterocycles. The summed E-state index contributed by atoms with van der Waals surface area (Å²) in [5, 5.41) is 3.24. The van der Waals surface area contributed by atoms with E-state index in [4.69, 9.17) is 0 Å². The third-order valence-corrected chi connectivity index (χ3v) is 5.26. The van der Waals surface area contributed by atoms with E-state index in [1.165, 1.54) is 12.1 Å². The van der Waals surface area contributed by atoms with Gasteiger partial charge in [-0.3, -0.25) is 4.98 Å². The molecule has 1 atom stereocenters. The molecule has 0 aromatic carbocycles. The first-order chi connectivity index (χ1) is 14.8. The van der Waals surface area contributed by atoms with Gasteiger partial charge in [-0.1, -0.05) is 32.1 Å². The van der Waals surface area contributed by atoms with Gasteiger partial charge in [0.15, 0.2) is 0 Å². The monoisotopic (exact) mass is 426 g/mol. The number of halogens is 4. The van der Waals surface area contributed by atoms with Gasteiger partial charge in [-0.15, -0.1) is 0 Å². The molecule has 1 aliphatic rings. The first-order valence-electron chi connectivity index (χ1n) is 9.53. The van der Waals surface area contributed by atoms with Crippen LogP contribution in [0.25, 0.3) is 17.0 Å². The predicted molar refractivity (Wildman–Crippen MR) is 109 cm³/mol. The summed E-state index contributed by atoms with van der Waals surface area (Å²) < 4.78 is 54.6. The van der Waals surface area contributed by atoms with Crippen molar-refractivity contribution < 1.29 is 17.6 Å². The Kier molecular flexibility index (Phi) is 5.31. The second kappa shape index (κ2) is 7.94. The van der Waals surface area contributed by atoms with E-state index in [1.807, 2.05) is 19.9 Å². The third kappa shape index (κ3) is 4.05. The van der Waals surface area contributed by atoms with E-state index in [9.17, 15) is 17.6 Å². The van der Waals surface area contributed by atoms with Gasteiger partial charge in [-0.25, -0.2) is 0 Å². The molecule has 0 saturated heterocycles. The second-order valence-corrected chi connectivity index (χ2v) is 7.66. The van der Waals surface area contributed by atoms with E-state index in [0.29, 0.717) is 17.1 Å². The van der Waals surface area contributed by atoms with E-state index in [0.717, 1.165) is 12.1 Å². The molecule has 0 spiro atoms. The fourth-order valence-corrected chi connectivity index (χ4v) is 3.43. The Morgan fingerprint density at radius 2 is 1.45 bits per heavy atom. The summed E-state index contributed by atoms with van der Waals surface area (Å²) in [6.45, 7) is 3.87. The van der Waals surface area contributed by atoms with Gasteiger partial charge in [0.2, 0.25) is 23.8 Å². The highest BCUT2D eigenvalue weighted by Crippen LogP contribution is 2.32. The lowest BCUT2D eigenvalue weighted by Gasteiger charge is -2.35. The molecule has 0 fully saturated rings. The van der Waals surface area contributed by atoms with Crippen molar-refractivity contribution in [3.05, 3.63) is 95.7 Å². The molecule has 0 amide bonds. The Balaban J connectivity index is 1.64. The standard InChI is InChI=1S/C23H18F4N4/c1-23(2,17-7-3-5-15(28-17)13-9-11-19(24)30-21(13)26)18-8-4-6-16(29-18)14-10-12-20(25)31-22(14)27/h3-12,17,28H,1-2H3. The van der Waals surface area contributed by atoms with E-state index < -0.39 is 29.2 Å². The molecule has 4 nitrogen and oxygen atoms in total. The van der Waals surface area contributed by atoms with Crippen LogP contribution in [0.3, 0.4) is 0 Å². The van der Waals surface area contributed by atoms with Crippen molar-refractivity contribution >= 4 is 5.70 Å². The van der Waals surface area contributed by atoms with Crippen molar-refractivity contribution in [1.29, 1.82) is 0 Å². The van der Waals surface area contributed by atoms with Gasteiger partial charge in [-0.2, -0.15) is 27.5 Å². The van der Waals surface area contributed by atoms with Crippen LogP contribution in [0.2, 0.25) is 0 Å². The number of allylic oxidation sites excluding steroid dienone is 2. The van der Waals surface area contributed by atoms with Gasteiger partial charge in [-0.05, 0) is 42.5 Å². The molecule has 4 rings (SSSR count).